The summed E-state index contributed by atoms with van der Waals surface area (Å²) < 4.78 is 0. The van der Waals surface area contributed by atoms with Gasteiger partial charge in [0.05, 0.1) is 11.6 Å². The fourth-order valence-corrected chi connectivity index (χ4v) is 2.72. The van der Waals surface area contributed by atoms with Crippen molar-refractivity contribution in [2.45, 2.75) is 26.2 Å². The van der Waals surface area contributed by atoms with Crippen LogP contribution in [-0.2, 0) is 0 Å². The van der Waals surface area contributed by atoms with E-state index in [1.54, 1.807) is 6.07 Å². The first-order chi connectivity index (χ1) is 10.7. The first-order valence-electron chi connectivity index (χ1n) is 7.62. The zero-order valence-corrected chi connectivity index (χ0v) is 12.7. The second-order valence-corrected chi connectivity index (χ2v) is 5.52. The molecule has 3 rings (SSSR count). The van der Waals surface area contributed by atoms with Gasteiger partial charge in [0.1, 0.15) is 17.5 Å². The van der Waals surface area contributed by atoms with Crippen LogP contribution < -0.4 is 10.2 Å². The molecule has 1 aromatic heterocycles. The second kappa shape index (κ2) is 6.44. The lowest BCUT2D eigenvalue weighted by molar-refractivity contribution is 0.572. The largest absolute Gasteiger partial charge is 0.356 e. The minimum Gasteiger partial charge on any atom is -0.356 e. The van der Waals surface area contributed by atoms with Crippen LogP contribution in [0.2, 0.25) is 0 Å². The number of nitrogens with zero attached hydrogens (tertiary/aromatic N) is 4. The maximum absolute atomic E-state index is 8.98. The number of hydrogen-bond acceptors (Lipinski definition) is 5. The molecule has 1 aromatic carbocycles. The molecule has 1 aliphatic rings. The quantitative estimate of drug-likeness (QED) is 0.939. The molecule has 1 fully saturated rings. The van der Waals surface area contributed by atoms with Crippen LogP contribution in [0.4, 0.5) is 17.3 Å². The van der Waals surface area contributed by atoms with Gasteiger partial charge in [0.2, 0.25) is 0 Å². The van der Waals surface area contributed by atoms with Crippen LogP contribution in [0.1, 0.15) is 30.7 Å². The van der Waals surface area contributed by atoms with Crippen molar-refractivity contribution < 1.29 is 0 Å². The third kappa shape index (κ3) is 3.34. The Bertz CT molecular complexity index is 698. The Kier molecular flexibility index (Phi) is 4.19. The molecular formula is C17H19N5. The zero-order chi connectivity index (χ0) is 15.4. The van der Waals surface area contributed by atoms with Gasteiger partial charge < -0.3 is 10.2 Å². The van der Waals surface area contributed by atoms with E-state index < -0.39 is 0 Å². The van der Waals surface area contributed by atoms with Gasteiger partial charge in [-0.25, -0.2) is 9.97 Å². The van der Waals surface area contributed by atoms with Crippen LogP contribution in [0, 0.1) is 18.3 Å². The number of benzene rings is 1. The summed E-state index contributed by atoms with van der Waals surface area (Å²) in [6.45, 7) is 4.02. The molecule has 1 saturated heterocycles. The van der Waals surface area contributed by atoms with Gasteiger partial charge in [-0.2, -0.15) is 5.26 Å². The van der Waals surface area contributed by atoms with Gasteiger partial charge in [-0.3, -0.25) is 0 Å². The predicted molar refractivity (Wildman–Crippen MR) is 87.3 cm³/mol. The van der Waals surface area contributed by atoms with Crippen molar-refractivity contribution in [2.24, 2.45) is 0 Å². The maximum atomic E-state index is 8.98. The fourth-order valence-electron chi connectivity index (χ4n) is 2.72. The van der Waals surface area contributed by atoms with Gasteiger partial charge in [-0.05, 0) is 44.4 Å². The van der Waals surface area contributed by atoms with Crippen molar-refractivity contribution in [3.63, 3.8) is 0 Å². The summed E-state index contributed by atoms with van der Waals surface area (Å²) in [6, 6.07) is 11.5. The van der Waals surface area contributed by atoms with E-state index in [-0.39, 0.29) is 0 Å². The van der Waals surface area contributed by atoms with Crippen molar-refractivity contribution in [3.05, 3.63) is 41.7 Å². The number of nitriles is 1. The summed E-state index contributed by atoms with van der Waals surface area (Å²) in [6.07, 6.45) is 3.73. The summed E-state index contributed by atoms with van der Waals surface area (Å²) in [5, 5.41) is 12.2. The zero-order valence-electron chi connectivity index (χ0n) is 12.7. The van der Waals surface area contributed by atoms with E-state index in [9.17, 15) is 0 Å². The minimum absolute atomic E-state index is 0.632. The van der Waals surface area contributed by atoms with Crippen molar-refractivity contribution in [1.29, 1.82) is 5.26 Å². The first kappa shape index (κ1) is 14.3. The molecule has 1 N–H and O–H groups in total. The molecule has 0 aliphatic carbocycles. The highest BCUT2D eigenvalue weighted by Crippen LogP contribution is 2.22. The van der Waals surface area contributed by atoms with E-state index in [0.29, 0.717) is 5.56 Å². The van der Waals surface area contributed by atoms with E-state index in [0.717, 1.165) is 36.2 Å². The molecular weight excluding hydrogens is 274 g/mol. The van der Waals surface area contributed by atoms with Crippen LogP contribution in [0.5, 0.6) is 0 Å². The number of nitrogens with one attached hydrogen (secondary N) is 1. The summed E-state index contributed by atoms with van der Waals surface area (Å²) in [4.78, 5) is 11.3. The normalized spacial score (nSPS) is 14.5. The topological polar surface area (TPSA) is 64.8 Å². The molecule has 112 valence electrons. The Labute approximate surface area is 130 Å². The Balaban J connectivity index is 1.84. The number of anilines is 3. The van der Waals surface area contributed by atoms with E-state index >= 15 is 0 Å². The molecule has 5 nitrogen and oxygen atoms in total. The van der Waals surface area contributed by atoms with Crippen molar-refractivity contribution >= 4 is 17.3 Å². The minimum atomic E-state index is 0.632. The van der Waals surface area contributed by atoms with E-state index in [1.807, 2.05) is 31.2 Å². The summed E-state index contributed by atoms with van der Waals surface area (Å²) >= 11 is 0. The Morgan fingerprint density at radius 3 is 2.73 bits per heavy atom. The maximum Gasteiger partial charge on any atom is 0.136 e. The number of piperidine rings is 1. The average Bonchev–Trinajstić information content (AvgIpc) is 2.55. The van der Waals surface area contributed by atoms with Gasteiger partial charge in [-0.1, -0.05) is 6.07 Å². The number of aryl methyl sites for hydroxylation is 1. The highest BCUT2D eigenvalue weighted by Gasteiger charge is 2.13. The summed E-state index contributed by atoms with van der Waals surface area (Å²) in [5.74, 6) is 2.50. The number of rotatable bonds is 3. The van der Waals surface area contributed by atoms with Crippen molar-refractivity contribution in [1.82, 2.24) is 9.97 Å². The molecule has 0 saturated carbocycles. The summed E-state index contributed by atoms with van der Waals surface area (Å²) in [5.41, 5.74) is 1.49. The lowest BCUT2D eigenvalue weighted by Gasteiger charge is -2.28. The highest BCUT2D eigenvalue weighted by molar-refractivity contribution is 5.61. The first-order valence-corrected chi connectivity index (χ1v) is 7.62. The molecule has 1 aliphatic heterocycles. The van der Waals surface area contributed by atoms with Crippen molar-refractivity contribution in [2.75, 3.05) is 23.3 Å². The third-order valence-corrected chi connectivity index (χ3v) is 3.77. The average molecular weight is 293 g/mol. The lowest BCUT2D eigenvalue weighted by atomic mass is 10.1. The molecule has 5 heteroatoms. The fraction of sp³-hybridized carbons (Fsp3) is 0.353. The second-order valence-electron chi connectivity index (χ2n) is 5.52. The molecule has 2 heterocycles. The predicted octanol–water partition coefficient (Wildman–Crippen LogP) is 3.39. The van der Waals surface area contributed by atoms with Gasteiger partial charge >= 0.3 is 0 Å². The number of hydrogen-bond donors (Lipinski definition) is 1. The molecule has 22 heavy (non-hydrogen) atoms. The molecule has 0 amide bonds. The van der Waals surface area contributed by atoms with Crippen LogP contribution >= 0.6 is 0 Å². The Morgan fingerprint density at radius 1 is 1.14 bits per heavy atom. The van der Waals surface area contributed by atoms with Gasteiger partial charge in [0, 0.05) is 24.8 Å². The lowest BCUT2D eigenvalue weighted by Crippen LogP contribution is -2.30. The smallest absolute Gasteiger partial charge is 0.136 e. The molecule has 2 aromatic rings. The van der Waals surface area contributed by atoms with Gasteiger partial charge in [-0.15, -0.1) is 0 Å². The number of aromatic nitrogens is 2. The van der Waals surface area contributed by atoms with E-state index in [2.05, 4.69) is 26.3 Å². The van der Waals surface area contributed by atoms with Crippen LogP contribution in [0.15, 0.2) is 30.3 Å². The van der Waals surface area contributed by atoms with Gasteiger partial charge in [0.25, 0.3) is 0 Å². The van der Waals surface area contributed by atoms with E-state index in [4.69, 9.17) is 5.26 Å². The molecule has 0 bridgehead atoms. The van der Waals surface area contributed by atoms with Crippen LogP contribution in [-0.4, -0.2) is 23.1 Å². The molecule has 0 radical (unpaired) electrons. The van der Waals surface area contributed by atoms with Crippen molar-refractivity contribution in [3.8, 4) is 6.07 Å². The molecule has 0 atom stereocenters. The van der Waals surface area contributed by atoms with E-state index in [1.165, 1.54) is 19.3 Å². The third-order valence-electron chi connectivity index (χ3n) is 3.77. The molecule has 0 spiro atoms. The SMILES string of the molecule is Cc1nc(Nc2cccc(C#N)c2)cc(N2CCCCC2)n1. The van der Waals surface area contributed by atoms with Crippen LogP contribution in [0.3, 0.4) is 0 Å². The highest BCUT2D eigenvalue weighted by atomic mass is 15.2. The van der Waals surface area contributed by atoms with Gasteiger partial charge in [0.15, 0.2) is 0 Å². The Morgan fingerprint density at radius 2 is 1.95 bits per heavy atom. The Hall–Kier alpha value is -2.61. The summed E-state index contributed by atoms with van der Waals surface area (Å²) in [7, 11) is 0. The van der Waals surface area contributed by atoms with Crippen LogP contribution in [0.25, 0.3) is 0 Å². The standard InChI is InChI=1S/C17H19N5/c1-13-19-16(21-15-7-5-6-14(10-15)12-18)11-17(20-13)22-8-3-2-4-9-22/h5-7,10-11H,2-4,8-9H2,1H3,(H,19,20,21). The molecule has 0 unspecified atom stereocenters. The monoisotopic (exact) mass is 293 g/mol.